The molecule has 0 fully saturated rings. The Labute approximate surface area is 130 Å². The molecule has 0 saturated heterocycles. The third kappa shape index (κ3) is 2.41. The number of benzene rings is 1. The van der Waals surface area contributed by atoms with E-state index in [0.717, 1.165) is 25.9 Å². The predicted octanol–water partition coefficient (Wildman–Crippen LogP) is 3.98. The summed E-state index contributed by atoms with van der Waals surface area (Å²) >= 11 is 5.12. The van der Waals surface area contributed by atoms with Crippen molar-refractivity contribution in [1.82, 2.24) is 9.78 Å². The number of hydrogen-bond donors (Lipinski definition) is 1. The maximum absolute atomic E-state index is 10.4. The lowest BCUT2D eigenvalue weighted by atomic mass is 10.1. The highest BCUT2D eigenvalue weighted by molar-refractivity contribution is 9.10. The molecule has 0 aliphatic rings. The van der Waals surface area contributed by atoms with Gasteiger partial charge in [-0.25, -0.2) is 0 Å². The Morgan fingerprint density at radius 3 is 2.85 bits per heavy atom. The summed E-state index contributed by atoms with van der Waals surface area (Å²) in [6.07, 6.45) is 0.0246. The van der Waals surface area contributed by atoms with Gasteiger partial charge in [-0.15, -0.1) is 11.3 Å². The molecule has 0 radical (unpaired) electrons. The fraction of sp³-hybridized carbons (Fsp3) is 0.267. The monoisotopic (exact) mass is 350 g/mol. The minimum Gasteiger partial charge on any atom is -0.387 e. The number of rotatable bonds is 3. The van der Waals surface area contributed by atoms with Crippen molar-refractivity contribution in [3.63, 3.8) is 0 Å². The number of halogens is 1. The van der Waals surface area contributed by atoms with Crippen molar-refractivity contribution in [3.8, 4) is 0 Å². The summed E-state index contributed by atoms with van der Waals surface area (Å²) in [4.78, 5) is 2.16. The summed E-state index contributed by atoms with van der Waals surface area (Å²) in [5.41, 5.74) is 2.04. The van der Waals surface area contributed by atoms with E-state index in [4.69, 9.17) is 0 Å². The van der Waals surface area contributed by atoms with E-state index in [-0.39, 0.29) is 0 Å². The smallest absolute Gasteiger partial charge is 0.0938 e. The molecule has 0 bridgehead atoms. The van der Waals surface area contributed by atoms with Crippen LogP contribution in [0.4, 0.5) is 0 Å². The third-order valence-corrected chi connectivity index (χ3v) is 5.66. The first-order valence-electron chi connectivity index (χ1n) is 6.41. The summed E-state index contributed by atoms with van der Waals surface area (Å²) in [6.45, 7) is 2.04. The highest BCUT2D eigenvalue weighted by Crippen LogP contribution is 2.32. The largest absolute Gasteiger partial charge is 0.387 e. The number of aliphatic hydroxyl groups excluding tert-OH is 1. The second-order valence-electron chi connectivity index (χ2n) is 4.86. The van der Waals surface area contributed by atoms with Gasteiger partial charge in [-0.05, 0) is 35.0 Å². The second kappa shape index (κ2) is 5.31. The molecule has 104 valence electrons. The van der Waals surface area contributed by atoms with Crippen molar-refractivity contribution in [1.29, 1.82) is 0 Å². The molecule has 3 nitrogen and oxygen atoms in total. The van der Waals surface area contributed by atoms with E-state index in [1.54, 1.807) is 11.3 Å². The zero-order chi connectivity index (χ0) is 14.3. The normalized spacial score (nSPS) is 13.0. The molecular formula is C15H15BrN2OS. The van der Waals surface area contributed by atoms with E-state index in [1.165, 1.54) is 4.88 Å². The molecule has 1 atom stereocenters. The topological polar surface area (TPSA) is 38.1 Å². The van der Waals surface area contributed by atoms with Crippen molar-refractivity contribution in [2.45, 2.75) is 19.4 Å². The molecule has 1 N–H and O–H groups in total. The molecule has 0 spiro atoms. The Hall–Kier alpha value is -1.17. The van der Waals surface area contributed by atoms with Crippen LogP contribution < -0.4 is 0 Å². The molecule has 0 amide bonds. The third-order valence-electron chi connectivity index (χ3n) is 3.43. The molecule has 0 saturated carbocycles. The van der Waals surface area contributed by atoms with Crippen LogP contribution in [-0.4, -0.2) is 14.9 Å². The Balaban J connectivity index is 1.93. The summed E-state index contributed by atoms with van der Waals surface area (Å²) in [5.74, 6) is 0. The second-order valence-corrected chi connectivity index (χ2v) is 7.00. The Morgan fingerprint density at radius 1 is 1.40 bits per heavy atom. The van der Waals surface area contributed by atoms with Gasteiger partial charge in [0.1, 0.15) is 0 Å². The number of fused-ring (bicyclic) bond motifs is 1. The Bertz CT molecular complexity index is 743. The van der Waals surface area contributed by atoms with Crippen molar-refractivity contribution in [3.05, 3.63) is 50.3 Å². The highest BCUT2D eigenvalue weighted by atomic mass is 79.9. The zero-order valence-corrected chi connectivity index (χ0v) is 13.7. The van der Waals surface area contributed by atoms with Crippen LogP contribution in [0.25, 0.3) is 10.9 Å². The highest BCUT2D eigenvalue weighted by Gasteiger charge is 2.17. The van der Waals surface area contributed by atoms with Crippen LogP contribution in [0, 0.1) is 6.92 Å². The first-order chi connectivity index (χ1) is 9.56. The minimum absolute atomic E-state index is 0.511. The minimum atomic E-state index is -0.511. The number of hydrogen-bond acceptors (Lipinski definition) is 3. The first-order valence-corrected chi connectivity index (χ1v) is 8.01. The van der Waals surface area contributed by atoms with Crippen LogP contribution in [0.5, 0.6) is 0 Å². The van der Waals surface area contributed by atoms with Crippen LogP contribution in [0.1, 0.15) is 21.6 Å². The van der Waals surface area contributed by atoms with Crippen molar-refractivity contribution in [2.75, 3.05) is 0 Å². The molecule has 1 unspecified atom stereocenters. The van der Waals surface area contributed by atoms with Crippen molar-refractivity contribution >= 4 is 38.2 Å². The molecule has 2 heterocycles. The first kappa shape index (κ1) is 13.8. The van der Waals surface area contributed by atoms with Gasteiger partial charge in [0, 0.05) is 33.1 Å². The number of nitrogens with zero attached hydrogens (tertiary/aromatic N) is 2. The lowest BCUT2D eigenvalue weighted by Crippen LogP contribution is -2.01. The summed E-state index contributed by atoms with van der Waals surface area (Å²) in [5, 5.41) is 16.1. The van der Waals surface area contributed by atoms with Gasteiger partial charge in [-0.3, -0.25) is 4.68 Å². The van der Waals surface area contributed by atoms with Crippen molar-refractivity contribution in [2.24, 2.45) is 7.05 Å². The number of aromatic nitrogens is 2. The Morgan fingerprint density at radius 2 is 2.15 bits per heavy atom. The molecule has 0 aliphatic heterocycles. The van der Waals surface area contributed by atoms with Gasteiger partial charge in [0.25, 0.3) is 0 Å². The molecule has 3 aromatic rings. The van der Waals surface area contributed by atoms with E-state index in [9.17, 15) is 5.11 Å². The van der Waals surface area contributed by atoms with Crippen LogP contribution in [0.15, 0.2) is 34.8 Å². The number of para-hydroxylation sites is 1. The molecule has 20 heavy (non-hydrogen) atoms. The summed E-state index contributed by atoms with van der Waals surface area (Å²) in [7, 11) is 1.93. The van der Waals surface area contributed by atoms with Crippen LogP contribution >= 0.6 is 27.3 Å². The van der Waals surface area contributed by atoms with E-state index >= 15 is 0 Å². The van der Waals surface area contributed by atoms with E-state index in [1.807, 2.05) is 42.9 Å². The quantitative estimate of drug-likeness (QED) is 0.775. The van der Waals surface area contributed by atoms with Gasteiger partial charge in [0.2, 0.25) is 0 Å². The van der Waals surface area contributed by atoms with Crippen molar-refractivity contribution < 1.29 is 5.11 Å². The maximum Gasteiger partial charge on any atom is 0.0938 e. The number of aryl methyl sites for hydroxylation is 2. The molecule has 1 aromatic carbocycles. The Kier molecular flexibility index (Phi) is 3.67. The predicted molar refractivity (Wildman–Crippen MR) is 86.1 cm³/mol. The maximum atomic E-state index is 10.4. The van der Waals surface area contributed by atoms with Gasteiger partial charge >= 0.3 is 0 Å². The van der Waals surface area contributed by atoms with Gasteiger partial charge in [-0.2, -0.15) is 5.10 Å². The molecular weight excluding hydrogens is 336 g/mol. The molecule has 5 heteroatoms. The SMILES string of the molecule is Cc1sc(C(O)Cc2nn(C)c3ccccc23)cc1Br. The van der Waals surface area contributed by atoms with Crippen LogP contribution in [0.3, 0.4) is 0 Å². The zero-order valence-electron chi connectivity index (χ0n) is 11.3. The van der Waals surface area contributed by atoms with Crippen LogP contribution in [-0.2, 0) is 13.5 Å². The van der Waals surface area contributed by atoms with E-state index in [2.05, 4.69) is 27.1 Å². The van der Waals surface area contributed by atoms with Gasteiger partial charge in [0.15, 0.2) is 0 Å². The fourth-order valence-corrected chi connectivity index (χ4v) is 3.92. The van der Waals surface area contributed by atoms with Gasteiger partial charge in [0.05, 0.1) is 17.3 Å². The molecule has 0 aliphatic carbocycles. The number of thiophene rings is 1. The standard InChI is InChI=1S/C15H15BrN2OS/c1-9-11(16)7-15(20-9)14(19)8-12-10-5-3-4-6-13(10)18(2)17-12/h3-7,14,19H,8H2,1-2H3. The number of aliphatic hydroxyl groups is 1. The average molecular weight is 351 g/mol. The lowest BCUT2D eigenvalue weighted by Gasteiger charge is -2.06. The molecule has 3 rings (SSSR count). The summed E-state index contributed by atoms with van der Waals surface area (Å²) < 4.78 is 2.93. The van der Waals surface area contributed by atoms with Gasteiger partial charge in [-0.1, -0.05) is 18.2 Å². The fourth-order valence-electron chi connectivity index (χ4n) is 2.37. The van der Waals surface area contributed by atoms with E-state index in [0.29, 0.717) is 6.42 Å². The van der Waals surface area contributed by atoms with Crippen LogP contribution in [0.2, 0.25) is 0 Å². The molecule has 2 aromatic heterocycles. The van der Waals surface area contributed by atoms with Gasteiger partial charge < -0.3 is 5.11 Å². The van der Waals surface area contributed by atoms with E-state index < -0.39 is 6.10 Å². The lowest BCUT2D eigenvalue weighted by molar-refractivity contribution is 0.181. The average Bonchev–Trinajstić information content (AvgIpc) is 2.92. The summed E-state index contributed by atoms with van der Waals surface area (Å²) in [6, 6.07) is 10.1.